The molecule has 0 saturated heterocycles. The Balaban J connectivity index is 2.12. The van der Waals surface area contributed by atoms with Gasteiger partial charge in [0.25, 0.3) is 0 Å². The summed E-state index contributed by atoms with van der Waals surface area (Å²) in [5.74, 6) is 0. The van der Waals surface area contributed by atoms with Crippen molar-refractivity contribution in [3.05, 3.63) is 60.3 Å². The Kier molecular flexibility index (Phi) is 3.42. The second-order valence-electron chi connectivity index (χ2n) is 6.70. The number of aryl methyl sites for hydroxylation is 1. The van der Waals surface area contributed by atoms with E-state index >= 15 is 0 Å². The molecule has 0 fully saturated rings. The van der Waals surface area contributed by atoms with Crippen LogP contribution in [0.15, 0.2) is 54.7 Å². The SMILES string of the molecule is Cc1ccccc1-c1cc2ccc([Si](C)(C)C)cc2cn1. The molecule has 0 atom stereocenters. The van der Waals surface area contributed by atoms with Crippen molar-refractivity contribution in [3.63, 3.8) is 0 Å². The van der Waals surface area contributed by atoms with Crippen LogP contribution < -0.4 is 5.19 Å². The maximum Gasteiger partial charge on any atom is 0.0776 e. The van der Waals surface area contributed by atoms with Crippen molar-refractivity contribution in [2.24, 2.45) is 0 Å². The number of benzene rings is 2. The van der Waals surface area contributed by atoms with Crippen molar-refractivity contribution in [1.29, 1.82) is 0 Å². The standard InChI is InChI=1S/C19H21NSi/c1-14-7-5-6-8-18(14)19-12-15-9-10-17(21(2,3)4)11-16(15)13-20-19/h5-13H,1-4H3. The Morgan fingerprint density at radius 1 is 0.857 bits per heavy atom. The number of nitrogens with zero attached hydrogens (tertiary/aromatic N) is 1. The van der Waals surface area contributed by atoms with E-state index < -0.39 is 8.07 Å². The molecular weight excluding hydrogens is 270 g/mol. The van der Waals surface area contributed by atoms with Crippen LogP contribution in [0.5, 0.6) is 0 Å². The molecule has 0 aliphatic carbocycles. The Morgan fingerprint density at radius 2 is 1.62 bits per heavy atom. The van der Waals surface area contributed by atoms with Crippen molar-refractivity contribution in [1.82, 2.24) is 4.98 Å². The minimum Gasteiger partial charge on any atom is -0.256 e. The van der Waals surface area contributed by atoms with Crippen LogP contribution in [0.1, 0.15) is 5.56 Å². The van der Waals surface area contributed by atoms with Crippen molar-refractivity contribution < 1.29 is 0 Å². The fourth-order valence-corrected chi connectivity index (χ4v) is 3.79. The first-order valence-electron chi connectivity index (χ1n) is 7.41. The zero-order chi connectivity index (χ0) is 15.0. The molecule has 2 aromatic carbocycles. The van der Waals surface area contributed by atoms with E-state index in [2.05, 4.69) is 80.1 Å². The van der Waals surface area contributed by atoms with Crippen LogP contribution in [0.4, 0.5) is 0 Å². The number of hydrogen-bond acceptors (Lipinski definition) is 1. The number of aromatic nitrogens is 1. The second kappa shape index (κ2) is 5.12. The maximum absolute atomic E-state index is 4.68. The summed E-state index contributed by atoms with van der Waals surface area (Å²) in [6, 6.07) is 17.5. The van der Waals surface area contributed by atoms with Gasteiger partial charge in [0.1, 0.15) is 0 Å². The molecule has 106 valence electrons. The topological polar surface area (TPSA) is 12.9 Å². The fraction of sp³-hybridized carbons (Fsp3) is 0.211. The molecule has 1 heterocycles. The molecule has 0 aliphatic rings. The fourth-order valence-electron chi connectivity index (χ4n) is 2.62. The minimum atomic E-state index is -1.26. The predicted molar refractivity (Wildman–Crippen MR) is 94.9 cm³/mol. The largest absolute Gasteiger partial charge is 0.256 e. The maximum atomic E-state index is 4.68. The van der Waals surface area contributed by atoms with Gasteiger partial charge in [-0.25, -0.2) is 0 Å². The molecule has 0 radical (unpaired) electrons. The van der Waals surface area contributed by atoms with Crippen molar-refractivity contribution >= 4 is 24.0 Å². The van der Waals surface area contributed by atoms with Gasteiger partial charge >= 0.3 is 0 Å². The second-order valence-corrected chi connectivity index (χ2v) is 11.8. The molecule has 0 bridgehead atoms. The molecule has 0 spiro atoms. The van der Waals surface area contributed by atoms with Gasteiger partial charge in [-0.3, -0.25) is 4.98 Å². The van der Waals surface area contributed by atoms with Crippen LogP contribution in [0, 0.1) is 6.92 Å². The molecule has 0 saturated carbocycles. The van der Waals surface area contributed by atoms with Gasteiger partial charge in [-0.05, 0) is 29.3 Å². The average Bonchev–Trinajstić information content (AvgIpc) is 2.46. The summed E-state index contributed by atoms with van der Waals surface area (Å²) in [6.07, 6.45) is 2.01. The summed E-state index contributed by atoms with van der Waals surface area (Å²) in [4.78, 5) is 4.68. The minimum absolute atomic E-state index is 1.06. The van der Waals surface area contributed by atoms with Gasteiger partial charge in [-0.15, -0.1) is 0 Å². The predicted octanol–water partition coefficient (Wildman–Crippen LogP) is 4.76. The molecule has 21 heavy (non-hydrogen) atoms. The normalized spacial score (nSPS) is 11.8. The molecule has 0 amide bonds. The van der Waals surface area contributed by atoms with Gasteiger partial charge in [0.2, 0.25) is 0 Å². The smallest absolute Gasteiger partial charge is 0.0776 e. The molecular formula is C19H21NSi. The first-order valence-corrected chi connectivity index (χ1v) is 10.9. The van der Waals surface area contributed by atoms with E-state index in [4.69, 9.17) is 0 Å². The van der Waals surface area contributed by atoms with Crippen molar-refractivity contribution in [3.8, 4) is 11.3 Å². The summed E-state index contributed by atoms with van der Waals surface area (Å²) in [6.45, 7) is 9.27. The Morgan fingerprint density at radius 3 is 2.33 bits per heavy atom. The highest BCUT2D eigenvalue weighted by Crippen LogP contribution is 2.24. The van der Waals surface area contributed by atoms with E-state index in [1.54, 1.807) is 0 Å². The first kappa shape index (κ1) is 14.0. The van der Waals surface area contributed by atoms with Crippen molar-refractivity contribution in [2.45, 2.75) is 26.6 Å². The number of rotatable bonds is 2. The number of hydrogen-bond donors (Lipinski definition) is 0. The van der Waals surface area contributed by atoms with Crippen LogP contribution in [0.3, 0.4) is 0 Å². The molecule has 0 unspecified atom stereocenters. The van der Waals surface area contributed by atoms with E-state index in [0.29, 0.717) is 0 Å². The van der Waals surface area contributed by atoms with Crippen LogP contribution in [0.25, 0.3) is 22.0 Å². The molecule has 2 heteroatoms. The number of pyridine rings is 1. The van der Waals surface area contributed by atoms with E-state index in [0.717, 1.165) is 5.69 Å². The highest BCUT2D eigenvalue weighted by molar-refractivity contribution is 6.88. The lowest BCUT2D eigenvalue weighted by atomic mass is 10.0. The molecule has 1 nitrogen and oxygen atoms in total. The Bertz CT molecular complexity index is 800. The van der Waals surface area contributed by atoms with Crippen LogP contribution in [-0.2, 0) is 0 Å². The average molecular weight is 291 g/mol. The quantitative estimate of drug-likeness (QED) is 0.621. The molecule has 0 N–H and O–H groups in total. The monoisotopic (exact) mass is 291 g/mol. The van der Waals surface area contributed by atoms with Crippen LogP contribution in [0.2, 0.25) is 19.6 Å². The van der Waals surface area contributed by atoms with E-state index in [-0.39, 0.29) is 0 Å². The molecule has 3 rings (SSSR count). The number of fused-ring (bicyclic) bond motifs is 1. The lowest BCUT2D eigenvalue weighted by Gasteiger charge is -2.17. The van der Waals surface area contributed by atoms with Gasteiger partial charge in [0, 0.05) is 11.8 Å². The van der Waals surface area contributed by atoms with Crippen LogP contribution >= 0.6 is 0 Å². The molecule has 1 aromatic heterocycles. The highest BCUT2D eigenvalue weighted by Gasteiger charge is 2.16. The lowest BCUT2D eigenvalue weighted by Crippen LogP contribution is -2.37. The van der Waals surface area contributed by atoms with Crippen molar-refractivity contribution in [2.75, 3.05) is 0 Å². The van der Waals surface area contributed by atoms with Gasteiger partial charge in [0.05, 0.1) is 13.8 Å². The van der Waals surface area contributed by atoms with Gasteiger partial charge in [0.15, 0.2) is 0 Å². The van der Waals surface area contributed by atoms with Crippen LogP contribution in [-0.4, -0.2) is 13.1 Å². The van der Waals surface area contributed by atoms with Gasteiger partial charge in [-0.2, -0.15) is 0 Å². The van der Waals surface area contributed by atoms with E-state index in [1.165, 1.54) is 27.1 Å². The third-order valence-electron chi connectivity index (χ3n) is 4.01. The molecule has 3 aromatic rings. The van der Waals surface area contributed by atoms with E-state index in [1.807, 2.05) is 6.20 Å². The highest BCUT2D eigenvalue weighted by atomic mass is 28.3. The molecule has 0 aliphatic heterocycles. The van der Waals surface area contributed by atoms with Gasteiger partial charge < -0.3 is 0 Å². The Hall–Kier alpha value is -1.93. The zero-order valence-corrected chi connectivity index (χ0v) is 14.1. The zero-order valence-electron chi connectivity index (χ0n) is 13.1. The summed E-state index contributed by atoms with van der Waals surface area (Å²) < 4.78 is 0. The summed E-state index contributed by atoms with van der Waals surface area (Å²) in [5.41, 5.74) is 3.54. The first-order chi connectivity index (χ1) is 9.95. The van der Waals surface area contributed by atoms with E-state index in [9.17, 15) is 0 Å². The summed E-state index contributed by atoms with van der Waals surface area (Å²) in [5, 5.41) is 4.00. The lowest BCUT2D eigenvalue weighted by molar-refractivity contribution is 1.33. The summed E-state index contributed by atoms with van der Waals surface area (Å²) >= 11 is 0. The third-order valence-corrected chi connectivity index (χ3v) is 6.05. The third kappa shape index (κ3) is 2.77. The van der Waals surface area contributed by atoms with Gasteiger partial charge in [-0.1, -0.05) is 67.3 Å². The summed E-state index contributed by atoms with van der Waals surface area (Å²) in [7, 11) is -1.26. The Labute approximate surface area is 127 Å².